The Hall–Kier alpha value is -1.30. The fraction of sp³-hybridized carbons (Fsp3) is 0.125. The van der Waals surface area contributed by atoms with Gasteiger partial charge in [0.25, 0.3) is 0 Å². The molecule has 114 valence electrons. The van der Waals surface area contributed by atoms with Crippen LogP contribution in [-0.2, 0) is 6.54 Å². The zero-order valence-corrected chi connectivity index (χ0v) is 14.9. The molecule has 0 atom stereocenters. The molecule has 0 aliphatic carbocycles. The van der Waals surface area contributed by atoms with E-state index >= 15 is 0 Å². The first-order chi connectivity index (χ1) is 10.2. The van der Waals surface area contributed by atoms with Crippen molar-refractivity contribution < 1.29 is 21.7 Å². The molecule has 6 heteroatoms. The van der Waals surface area contributed by atoms with Gasteiger partial charge in [0.05, 0.1) is 5.75 Å². The quantitative estimate of drug-likeness (QED) is 0.759. The summed E-state index contributed by atoms with van der Waals surface area (Å²) >= 11 is 7.54. The molecule has 3 rings (SSSR count). The number of hydrazone groups is 1. The molecule has 1 aliphatic heterocycles. The van der Waals surface area contributed by atoms with Gasteiger partial charge in [0, 0.05) is 10.6 Å². The number of halogens is 2. The highest BCUT2D eigenvalue weighted by Crippen LogP contribution is 2.17. The lowest BCUT2D eigenvalue weighted by molar-refractivity contribution is -0.548. The van der Waals surface area contributed by atoms with Crippen LogP contribution in [0.1, 0.15) is 11.1 Å². The van der Waals surface area contributed by atoms with Gasteiger partial charge in [-0.1, -0.05) is 59.2 Å². The second kappa shape index (κ2) is 7.81. The van der Waals surface area contributed by atoms with E-state index in [2.05, 4.69) is 17.2 Å². The zero-order valence-electron chi connectivity index (χ0n) is 11.7. The number of amidine groups is 1. The second-order valence-electron chi connectivity index (χ2n) is 4.72. The molecular weight excluding hydrogens is 382 g/mol. The van der Waals surface area contributed by atoms with E-state index < -0.39 is 0 Å². The number of rotatable bonds is 3. The number of hydrogen-bond donors (Lipinski definition) is 1. The Labute approximate surface area is 149 Å². The van der Waals surface area contributed by atoms with Crippen LogP contribution in [0.5, 0.6) is 0 Å². The van der Waals surface area contributed by atoms with Gasteiger partial charge in [-0.3, -0.25) is 5.73 Å². The topological polar surface area (TPSA) is 41.4 Å². The summed E-state index contributed by atoms with van der Waals surface area (Å²) in [6.45, 7) is 0.677. The van der Waals surface area contributed by atoms with Crippen LogP contribution < -0.4 is 22.7 Å². The van der Waals surface area contributed by atoms with Crippen LogP contribution in [0.15, 0.2) is 59.7 Å². The first-order valence-corrected chi connectivity index (χ1v) is 7.99. The lowest BCUT2D eigenvalue weighted by Gasteiger charge is -2.12. The molecule has 1 aliphatic rings. The molecule has 3 nitrogen and oxygen atoms in total. The summed E-state index contributed by atoms with van der Waals surface area (Å²) in [5, 5.41) is 6.15. The van der Waals surface area contributed by atoms with Crippen molar-refractivity contribution >= 4 is 34.2 Å². The normalized spacial score (nSPS) is 14.3. The van der Waals surface area contributed by atoms with E-state index in [1.54, 1.807) is 11.8 Å². The summed E-state index contributed by atoms with van der Waals surface area (Å²) in [6, 6.07) is 17.9. The van der Waals surface area contributed by atoms with Crippen molar-refractivity contribution in [2.24, 2.45) is 10.8 Å². The van der Waals surface area contributed by atoms with Gasteiger partial charge in [0.1, 0.15) is 12.3 Å². The number of nitrogens with zero attached hydrogens (tertiary/aromatic N) is 2. The third-order valence-corrected chi connectivity index (χ3v) is 4.38. The minimum absolute atomic E-state index is 0. The molecule has 0 saturated carbocycles. The third-order valence-electron chi connectivity index (χ3n) is 3.21. The van der Waals surface area contributed by atoms with Crippen LogP contribution in [0.25, 0.3) is 0 Å². The lowest BCUT2D eigenvalue weighted by atomic mass is 10.1. The SMILES string of the molecule is NC1=[N+](Cc2ccccc2)N=C(c2ccc(Cl)cc2)CS1.[Br-]. The van der Waals surface area contributed by atoms with Crippen molar-refractivity contribution in [3.63, 3.8) is 0 Å². The molecular formula is C16H15BrClN3S. The number of thioether (sulfide) groups is 1. The molecule has 0 bridgehead atoms. The molecule has 1 heterocycles. The third kappa shape index (κ3) is 4.12. The number of hydrogen-bond acceptors (Lipinski definition) is 3. The first kappa shape index (κ1) is 17.1. The number of nitrogens with two attached hydrogens (primary N) is 1. The van der Waals surface area contributed by atoms with Gasteiger partial charge in [-0.2, -0.15) is 0 Å². The van der Waals surface area contributed by atoms with Crippen molar-refractivity contribution in [1.29, 1.82) is 0 Å². The molecule has 0 aromatic heterocycles. The summed E-state index contributed by atoms with van der Waals surface area (Å²) < 4.78 is 1.85. The van der Waals surface area contributed by atoms with E-state index in [1.807, 2.05) is 47.1 Å². The molecule has 22 heavy (non-hydrogen) atoms. The largest absolute Gasteiger partial charge is 1.00 e. The Kier molecular flexibility index (Phi) is 6.06. The maximum absolute atomic E-state index is 6.07. The van der Waals surface area contributed by atoms with Crippen molar-refractivity contribution in [3.8, 4) is 0 Å². The van der Waals surface area contributed by atoms with Crippen LogP contribution in [0.2, 0.25) is 5.02 Å². The molecule has 2 aromatic rings. The van der Waals surface area contributed by atoms with Gasteiger partial charge in [0.15, 0.2) is 0 Å². The molecule has 0 fully saturated rings. The maximum atomic E-state index is 6.07. The van der Waals surface area contributed by atoms with Crippen molar-refractivity contribution in [1.82, 2.24) is 0 Å². The Morgan fingerprint density at radius 1 is 1.09 bits per heavy atom. The average molecular weight is 397 g/mol. The van der Waals surface area contributed by atoms with E-state index in [0.717, 1.165) is 27.2 Å². The van der Waals surface area contributed by atoms with Gasteiger partial charge in [-0.25, -0.2) is 0 Å². The van der Waals surface area contributed by atoms with Gasteiger partial charge in [0.2, 0.25) is 0 Å². The van der Waals surface area contributed by atoms with Gasteiger partial charge < -0.3 is 17.0 Å². The average Bonchev–Trinajstić information content (AvgIpc) is 2.51. The zero-order chi connectivity index (χ0) is 14.7. The van der Waals surface area contributed by atoms with Crippen molar-refractivity contribution in [2.75, 3.05) is 5.75 Å². The second-order valence-corrected chi connectivity index (χ2v) is 6.16. The smallest absolute Gasteiger partial charge is 0.330 e. The monoisotopic (exact) mass is 395 g/mol. The Bertz CT molecular complexity index is 699. The minimum atomic E-state index is 0. The summed E-state index contributed by atoms with van der Waals surface area (Å²) in [6.07, 6.45) is 0. The molecule has 0 spiro atoms. The summed E-state index contributed by atoms with van der Waals surface area (Å²) in [7, 11) is 0. The minimum Gasteiger partial charge on any atom is -1.00 e. The summed E-state index contributed by atoms with van der Waals surface area (Å²) in [4.78, 5) is 0. The molecule has 0 unspecified atom stereocenters. The molecule has 2 aromatic carbocycles. The fourth-order valence-electron chi connectivity index (χ4n) is 2.09. The van der Waals surface area contributed by atoms with E-state index in [9.17, 15) is 0 Å². The predicted molar refractivity (Wildman–Crippen MR) is 90.0 cm³/mol. The highest BCUT2D eigenvalue weighted by atomic mass is 79.9. The van der Waals surface area contributed by atoms with Crippen molar-refractivity contribution in [2.45, 2.75) is 6.54 Å². The van der Waals surface area contributed by atoms with Crippen LogP contribution in [-0.4, -0.2) is 21.3 Å². The Morgan fingerprint density at radius 3 is 2.45 bits per heavy atom. The predicted octanol–water partition coefficient (Wildman–Crippen LogP) is 0.322. The lowest BCUT2D eigenvalue weighted by Crippen LogP contribution is -3.00. The van der Waals surface area contributed by atoms with E-state index in [4.69, 9.17) is 17.3 Å². The van der Waals surface area contributed by atoms with E-state index in [1.165, 1.54) is 5.56 Å². The van der Waals surface area contributed by atoms with Crippen molar-refractivity contribution in [3.05, 3.63) is 70.7 Å². The molecule has 0 amide bonds. The highest BCUT2D eigenvalue weighted by Gasteiger charge is 2.20. The Morgan fingerprint density at radius 2 is 1.77 bits per heavy atom. The Balaban J connectivity index is 0.00000176. The van der Waals surface area contributed by atoms with Gasteiger partial charge in [-0.05, 0) is 29.5 Å². The van der Waals surface area contributed by atoms with Crippen LogP contribution in [0, 0.1) is 0 Å². The summed E-state index contributed by atoms with van der Waals surface area (Å²) in [5.74, 6) is 0.777. The van der Waals surface area contributed by atoms with Crippen LogP contribution in [0.4, 0.5) is 0 Å². The van der Waals surface area contributed by atoms with Gasteiger partial charge >= 0.3 is 5.17 Å². The van der Waals surface area contributed by atoms with E-state index in [0.29, 0.717) is 6.54 Å². The summed E-state index contributed by atoms with van der Waals surface area (Å²) in [5.41, 5.74) is 9.35. The molecule has 2 N–H and O–H groups in total. The fourth-order valence-corrected chi connectivity index (χ4v) is 2.98. The van der Waals surface area contributed by atoms with Crippen LogP contribution in [0.3, 0.4) is 0 Å². The maximum Gasteiger partial charge on any atom is 0.330 e. The highest BCUT2D eigenvalue weighted by molar-refractivity contribution is 8.14. The molecule has 0 radical (unpaired) electrons. The van der Waals surface area contributed by atoms with Gasteiger partial charge in [-0.15, -0.1) is 4.68 Å². The molecule has 0 saturated heterocycles. The van der Waals surface area contributed by atoms with E-state index in [-0.39, 0.29) is 17.0 Å². The van der Waals surface area contributed by atoms with Crippen LogP contribution >= 0.6 is 23.4 Å². The first-order valence-electron chi connectivity index (χ1n) is 6.62. The number of benzene rings is 2. The standard InChI is InChI=1S/C16H14ClN3S.BrH/c17-14-8-6-13(7-9-14)15-11-21-16(18)20(19-15)10-12-4-2-1-3-5-12;/h1-9,18H,10-11H2;1H.